The van der Waals surface area contributed by atoms with Gasteiger partial charge in [0.15, 0.2) is 0 Å². The van der Waals surface area contributed by atoms with E-state index in [9.17, 15) is 0 Å². The summed E-state index contributed by atoms with van der Waals surface area (Å²) in [5, 5.41) is 3.68. The monoisotopic (exact) mass is 237 g/mol. The molecular weight excluding hydrogens is 206 g/mol. The van der Waals surface area contributed by atoms with Gasteiger partial charge < -0.3 is 5.32 Å². The molecule has 2 rings (SSSR count). The average Bonchev–Trinajstić information content (AvgIpc) is 3.13. The van der Waals surface area contributed by atoms with Crippen molar-refractivity contribution in [1.29, 1.82) is 0 Å². The molecule has 2 fully saturated rings. The standard InChI is InChI=1S/C16H31N/c1-4-13-6-5-7-14(12-13)16(2,3)10-11-17-15-8-9-15/h13-15,17H,4-12H2,1-3H3. The molecule has 0 aromatic heterocycles. The molecule has 0 saturated heterocycles. The van der Waals surface area contributed by atoms with Crippen molar-refractivity contribution in [1.82, 2.24) is 5.32 Å². The topological polar surface area (TPSA) is 12.0 Å². The highest BCUT2D eigenvalue weighted by Crippen LogP contribution is 2.43. The fourth-order valence-electron chi connectivity index (χ4n) is 3.46. The van der Waals surface area contributed by atoms with Gasteiger partial charge in [-0.05, 0) is 55.9 Å². The van der Waals surface area contributed by atoms with Crippen LogP contribution in [0.1, 0.15) is 72.1 Å². The number of hydrogen-bond acceptors (Lipinski definition) is 1. The van der Waals surface area contributed by atoms with E-state index in [1.807, 2.05) is 0 Å². The third kappa shape index (κ3) is 3.98. The molecule has 1 nitrogen and oxygen atoms in total. The summed E-state index contributed by atoms with van der Waals surface area (Å²) in [5.74, 6) is 1.99. The molecule has 0 aromatic carbocycles. The zero-order valence-corrected chi connectivity index (χ0v) is 12.1. The maximum Gasteiger partial charge on any atom is 0.00682 e. The van der Waals surface area contributed by atoms with Crippen LogP contribution in [0.15, 0.2) is 0 Å². The number of hydrogen-bond donors (Lipinski definition) is 1. The van der Waals surface area contributed by atoms with Crippen LogP contribution in [0.4, 0.5) is 0 Å². The molecule has 2 atom stereocenters. The van der Waals surface area contributed by atoms with Gasteiger partial charge in [0.05, 0.1) is 0 Å². The highest BCUT2D eigenvalue weighted by Gasteiger charge is 2.33. The van der Waals surface area contributed by atoms with Crippen LogP contribution < -0.4 is 5.32 Å². The lowest BCUT2D eigenvalue weighted by Gasteiger charge is -2.40. The van der Waals surface area contributed by atoms with Crippen LogP contribution in [0.2, 0.25) is 0 Å². The van der Waals surface area contributed by atoms with Crippen LogP contribution in [0.3, 0.4) is 0 Å². The molecule has 0 spiro atoms. The Morgan fingerprint density at radius 3 is 2.53 bits per heavy atom. The van der Waals surface area contributed by atoms with Gasteiger partial charge in [-0.2, -0.15) is 0 Å². The maximum atomic E-state index is 3.68. The first kappa shape index (κ1) is 13.4. The fraction of sp³-hybridized carbons (Fsp3) is 1.00. The second-order valence-corrected chi connectivity index (χ2v) is 7.10. The smallest absolute Gasteiger partial charge is 0.00682 e. The lowest BCUT2D eigenvalue weighted by Crippen LogP contribution is -2.32. The van der Waals surface area contributed by atoms with Gasteiger partial charge in [-0.25, -0.2) is 0 Å². The van der Waals surface area contributed by atoms with Crippen molar-refractivity contribution in [3.63, 3.8) is 0 Å². The minimum atomic E-state index is 0.551. The van der Waals surface area contributed by atoms with Crippen LogP contribution >= 0.6 is 0 Å². The first-order valence-corrected chi connectivity index (χ1v) is 7.85. The number of nitrogens with one attached hydrogen (secondary N) is 1. The summed E-state index contributed by atoms with van der Waals surface area (Å²) in [6, 6.07) is 0.876. The van der Waals surface area contributed by atoms with E-state index in [0.717, 1.165) is 17.9 Å². The van der Waals surface area contributed by atoms with E-state index >= 15 is 0 Å². The molecule has 2 aliphatic rings. The zero-order valence-electron chi connectivity index (χ0n) is 12.1. The van der Waals surface area contributed by atoms with Crippen LogP contribution in [-0.4, -0.2) is 12.6 Å². The number of rotatable bonds is 6. The highest BCUT2D eigenvalue weighted by atomic mass is 14.9. The van der Waals surface area contributed by atoms with Gasteiger partial charge in [-0.3, -0.25) is 0 Å². The first-order chi connectivity index (χ1) is 8.12. The molecule has 1 heteroatoms. The second-order valence-electron chi connectivity index (χ2n) is 7.10. The SMILES string of the molecule is CCC1CCCC(C(C)(C)CCNC2CC2)C1. The highest BCUT2D eigenvalue weighted by molar-refractivity contribution is 4.86. The van der Waals surface area contributed by atoms with Crippen molar-refractivity contribution in [2.75, 3.05) is 6.54 Å². The molecule has 0 amide bonds. The molecule has 0 aromatic rings. The zero-order chi connectivity index (χ0) is 12.3. The molecule has 2 unspecified atom stereocenters. The molecule has 0 bridgehead atoms. The molecule has 17 heavy (non-hydrogen) atoms. The van der Waals surface area contributed by atoms with Crippen molar-refractivity contribution in [2.24, 2.45) is 17.3 Å². The molecule has 0 aliphatic heterocycles. The average molecular weight is 237 g/mol. The summed E-state index contributed by atoms with van der Waals surface area (Å²) in [6.07, 6.45) is 11.5. The van der Waals surface area contributed by atoms with Gasteiger partial charge in [0.2, 0.25) is 0 Å². The molecule has 2 aliphatic carbocycles. The third-order valence-electron chi connectivity index (χ3n) is 5.25. The third-order valence-corrected chi connectivity index (χ3v) is 5.25. The minimum Gasteiger partial charge on any atom is -0.314 e. The van der Waals surface area contributed by atoms with E-state index in [-0.39, 0.29) is 0 Å². The van der Waals surface area contributed by atoms with Gasteiger partial charge in [-0.15, -0.1) is 0 Å². The summed E-state index contributed by atoms with van der Waals surface area (Å²) < 4.78 is 0. The normalized spacial score (nSPS) is 30.5. The van der Waals surface area contributed by atoms with Gasteiger partial charge >= 0.3 is 0 Å². The Kier molecular flexibility index (Phi) is 4.52. The Labute approximate surface area is 108 Å². The van der Waals surface area contributed by atoms with Gasteiger partial charge in [0, 0.05) is 6.04 Å². The Balaban J connectivity index is 1.75. The van der Waals surface area contributed by atoms with E-state index in [1.54, 1.807) is 0 Å². The van der Waals surface area contributed by atoms with E-state index in [2.05, 4.69) is 26.1 Å². The van der Waals surface area contributed by atoms with Gasteiger partial charge in [0.1, 0.15) is 0 Å². The predicted molar refractivity (Wildman–Crippen MR) is 75.2 cm³/mol. The largest absolute Gasteiger partial charge is 0.314 e. The fourth-order valence-corrected chi connectivity index (χ4v) is 3.46. The van der Waals surface area contributed by atoms with Gasteiger partial charge in [0.25, 0.3) is 0 Å². The van der Waals surface area contributed by atoms with E-state index in [0.29, 0.717) is 5.41 Å². The van der Waals surface area contributed by atoms with Crippen molar-refractivity contribution >= 4 is 0 Å². The predicted octanol–water partition coefficient (Wildman–Crippen LogP) is 4.37. The Bertz CT molecular complexity index is 230. The summed E-state index contributed by atoms with van der Waals surface area (Å²) in [4.78, 5) is 0. The summed E-state index contributed by atoms with van der Waals surface area (Å²) >= 11 is 0. The minimum absolute atomic E-state index is 0.551. The first-order valence-electron chi connectivity index (χ1n) is 7.85. The lowest BCUT2D eigenvalue weighted by molar-refractivity contribution is 0.113. The molecule has 100 valence electrons. The molecular formula is C16H31N. The van der Waals surface area contributed by atoms with E-state index in [4.69, 9.17) is 0 Å². The van der Waals surface area contributed by atoms with Gasteiger partial charge in [-0.1, -0.05) is 40.0 Å². The molecule has 0 heterocycles. The van der Waals surface area contributed by atoms with E-state index < -0.39 is 0 Å². The summed E-state index contributed by atoms with van der Waals surface area (Å²) in [7, 11) is 0. The Morgan fingerprint density at radius 2 is 1.88 bits per heavy atom. The van der Waals surface area contributed by atoms with Crippen LogP contribution in [-0.2, 0) is 0 Å². The molecule has 1 N–H and O–H groups in total. The van der Waals surface area contributed by atoms with Crippen molar-refractivity contribution in [2.45, 2.75) is 78.2 Å². The van der Waals surface area contributed by atoms with E-state index in [1.165, 1.54) is 57.9 Å². The molecule has 0 radical (unpaired) electrons. The van der Waals surface area contributed by atoms with Crippen LogP contribution in [0.5, 0.6) is 0 Å². The maximum absolute atomic E-state index is 3.68. The lowest BCUT2D eigenvalue weighted by atomic mass is 9.66. The Morgan fingerprint density at radius 1 is 1.12 bits per heavy atom. The van der Waals surface area contributed by atoms with Crippen molar-refractivity contribution < 1.29 is 0 Å². The Hall–Kier alpha value is -0.0400. The van der Waals surface area contributed by atoms with Crippen LogP contribution in [0, 0.1) is 17.3 Å². The second kappa shape index (κ2) is 5.73. The van der Waals surface area contributed by atoms with Crippen LogP contribution in [0.25, 0.3) is 0 Å². The van der Waals surface area contributed by atoms with Crippen molar-refractivity contribution in [3.8, 4) is 0 Å². The quantitative estimate of drug-likeness (QED) is 0.723. The summed E-state index contributed by atoms with van der Waals surface area (Å²) in [5.41, 5.74) is 0.551. The summed E-state index contributed by atoms with van der Waals surface area (Å²) in [6.45, 7) is 8.62. The molecule has 2 saturated carbocycles. The van der Waals surface area contributed by atoms with Crippen molar-refractivity contribution in [3.05, 3.63) is 0 Å².